The van der Waals surface area contributed by atoms with Gasteiger partial charge in [0.1, 0.15) is 11.0 Å². The first-order chi connectivity index (χ1) is 5.52. The van der Waals surface area contributed by atoms with Crippen LogP contribution in [0.5, 0.6) is 0 Å². The van der Waals surface area contributed by atoms with Crippen molar-refractivity contribution in [3.05, 3.63) is 22.2 Å². The quantitative estimate of drug-likeness (QED) is 0.520. The Kier molecular flexibility index (Phi) is 2.91. The Hall–Kier alpha value is -0.340. The molecule has 0 saturated heterocycles. The molecule has 0 aliphatic heterocycles. The van der Waals surface area contributed by atoms with Gasteiger partial charge in [0.2, 0.25) is 0 Å². The SMILES string of the molecule is Cc1nc(C(C)Cl)nc(Cl)c1C. The van der Waals surface area contributed by atoms with Gasteiger partial charge in [-0.05, 0) is 20.8 Å². The van der Waals surface area contributed by atoms with E-state index in [4.69, 9.17) is 23.2 Å². The number of alkyl halides is 1. The van der Waals surface area contributed by atoms with E-state index >= 15 is 0 Å². The molecule has 1 unspecified atom stereocenters. The van der Waals surface area contributed by atoms with Gasteiger partial charge in [0.25, 0.3) is 0 Å². The Morgan fingerprint density at radius 2 is 1.83 bits per heavy atom. The predicted octanol–water partition coefficient (Wildman–Crippen LogP) is 3.05. The standard InChI is InChI=1S/C8H10Cl2N2/c1-4-6(3)11-8(5(2)9)12-7(4)10/h5H,1-3H3. The summed E-state index contributed by atoms with van der Waals surface area (Å²) in [5.41, 5.74) is 1.80. The Bertz CT molecular complexity index is 274. The highest BCUT2D eigenvalue weighted by molar-refractivity contribution is 6.30. The van der Waals surface area contributed by atoms with Gasteiger partial charge < -0.3 is 0 Å². The number of aromatic nitrogens is 2. The first-order valence-electron chi connectivity index (χ1n) is 3.67. The van der Waals surface area contributed by atoms with Crippen LogP contribution in [0.2, 0.25) is 5.15 Å². The second kappa shape index (κ2) is 3.58. The first kappa shape index (κ1) is 9.75. The zero-order valence-corrected chi connectivity index (χ0v) is 8.74. The van der Waals surface area contributed by atoms with Crippen LogP contribution in [0, 0.1) is 13.8 Å². The molecule has 1 rings (SSSR count). The summed E-state index contributed by atoms with van der Waals surface area (Å²) >= 11 is 11.7. The van der Waals surface area contributed by atoms with Gasteiger partial charge in [0.05, 0.1) is 5.38 Å². The molecule has 0 bridgehead atoms. The molecule has 0 amide bonds. The van der Waals surface area contributed by atoms with E-state index in [1.54, 1.807) is 0 Å². The number of halogens is 2. The van der Waals surface area contributed by atoms with E-state index < -0.39 is 0 Å². The Balaban J connectivity index is 3.21. The van der Waals surface area contributed by atoms with Crippen molar-refractivity contribution in [3.63, 3.8) is 0 Å². The molecule has 0 saturated carbocycles. The van der Waals surface area contributed by atoms with Gasteiger partial charge >= 0.3 is 0 Å². The fourth-order valence-electron chi connectivity index (χ4n) is 0.792. The lowest BCUT2D eigenvalue weighted by Crippen LogP contribution is -2.00. The molecule has 1 aromatic heterocycles. The molecule has 66 valence electrons. The summed E-state index contributed by atoms with van der Waals surface area (Å²) in [5, 5.41) is 0.298. The minimum absolute atomic E-state index is 0.193. The molecule has 0 aliphatic carbocycles. The molecule has 0 spiro atoms. The summed E-state index contributed by atoms with van der Waals surface area (Å²) in [6, 6.07) is 0. The van der Waals surface area contributed by atoms with E-state index in [2.05, 4.69) is 9.97 Å². The molecule has 12 heavy (non-hydrogen) atoms. The molecule has 0 aromatic carbocycles. The Morgan fingerprint density at radius 1 is 1.25 bits per heavy atom. The summed E-state index contributed by atoms with van der Waals surface area (Å²) in [4.78, 5) is 8.26. The van der Waals surface area contributed by atoms with Crippen LogP contribution >= 0.6 is 23.2 Å². The van der Waals surface area contributed by atoms with Crippen LogP contribution in [0.15, 0.2) is 0 Å². The van der Waals surface area contributed by atoms with Gasteiger partial charge in [-0.25, -0.2) is 9.97 Å². The van der Waals surface area contributed by atoms with E-state index in [0.717, 1.165) is 11.3 Å². The van der Waals surface area contributed by atoms with Crippen molar-refractivity contribution in [3.8, 4) is 0 Å². The number of aryl methyl sites for hydroxylation is 1. The predicted molar refractivity (Wildman–Crippen MR) is 50.8 cm³/mol. The number of hydrogen-bond donors (Lipinski definition) is 0. The fraction of sp³-hybridized carbons (Fsp3) is 0.500. The van der Waals surface area contributed by atoms with E-state index in [1.165, 1.54) is 0 Å². The molecular formula is C8H10Cl2N2. The van der Waals surface area contributed by atoms with E-state index in [1.807, 2.05) is 20.8 Å². The van der Waals surface area contributed by atoms with Crippen LogP contribution in [-0.4, -0.2) is 9.97 Å². The molecule has 1 atom stereocenters. The molecule has 4 heteroatoms. The highest BCUT2D eigenvalue weighted by Gasteiger charge is 2.09. The largest absolute Gasteiger partial charge is 0.236 e. The molecular weight excluding hydrogens is 195 g/mol. The van der Waals surface area contributed by atoms with Gasteiger partial charge in [-0.1, -0.05) is 11.6 Å². The minimum Gasteiger partial charge on any atom is -0.236 e. The molecule has 0 fully saturated rings. The van der Waals surface area contributed by atoms with Gasteiger partial charge in [-0.3, -0.25) is 0 Å². The molecule has 0 aliphatic rings. The third-order valence-electron chi connectivity index (χ3n) is 1.70. The lowest BCUT2D eigenvalue weighted by Gasteiger charge is -2.06. The van der Waals surface area contributed by atoms with E-state index in [9.17, 15) is 0 Å². The third-order valence-corrected chi connectivity index (χ3v) is 2.27. The van der Waals surface area contributed by atoms with Crippen LogP contribution in [-0.2, 0) is 0 Å². The van der Waals surface area contributed by atoms with Crippen molar-refractivity contribution in [2.75, 3.05) is 0 Å². The summed E-state index contributed by atoms with van der Waals surface area (Å²) in [6.07, 6.45) is 0. The molecule has 2 nitrogen and oxygen atoms in total. The number of nitrogens with zero attached hydrogens (tertiary/aromatic N) is 2. The van der Waals surface area contributed by atoms with Crippen molar-refractivity contribution >= 4 is 23.2 Å². The summed E-state index contributed by atoms with van der Waals surface area (Å²) in [7, 11) is 0. The van der Waals surface area contributed by atoms with Crippen molar-refractivity contribution in [1.29, 1.82) is 0 Å². The van der Waals surface area contributed by atoms with Gasteiger partial charge in [-0.2, -0.15) is 0 Å². The van der Waals surface area contributed by atoms with Gasteiger partial charge in [-0.15, -0.1) is 11.6 Å². The van der Waals surface area contributed by atoms with Crippen LogP contribution < -0.4 is 0 Å². The fourth-order valence-corrected chi connectivity index (χ4v) is 1.11. The van der Waals surface area contributed by atoms with E-state index in [0.29, 0.717) is 11.0 Å². The second-order valence-corrected chi connectivity index (χ2v) is 3.71. The Labute approximate surface area is 81.9 Å². The maximum absolute atomic E-state index is 5.85. The average Bonchev–Trinajstić information content (AvgIpc) is 1.99. The highest BCUT2D eigenvalue weighted by Crippen LogP contribution is 2.20. The van der Waals surface area contributed by atoms with Crippen molar-refractivity contribution in [2.24, 2.45) is 0 Å². The maximum Gasteiger partial charge on any atom is 0.147 e. The van der Waals surface area contributed by atoms with Crippen LogP contribution in [0.25, 0.3) is 0 Å². The van der Waals surface area contributed by atoms with Crippen LogP contribution in [0.1, 0.15) is 29.4 Å². The summed E-state index contributed by atoms with van der Waals surface area (Å²) in [5.74, 6) is 0.588. The number of rotatable bonds is 1. The van der Waals surface area contributed by atoms with E-state index in [-0.39, 0.29) is 5.38 Å². The topological polar surface area (TPSA) is 25.8 Å². The lowest BCUT2D eigenvalue weighted by molar-refractivity contribution is 0.881. The molecule has 1 aromatic rings. The molecule has 1 heterocycles. The smallest absolute Gasteiger partial charge is 0.147 e. The van der Waals surface area contributed by atoms with Gasteiger partial charge in [0, 0.05) is 11.3 Å². The zero-order valence-electron chi connectivity index (χ0n) is 7.23. The summed E-state index contributed by atoms with van der Waals surface area (Å²) < 4.78 is 0. The normalized spacial score (nSPS) is 13.1. The monoisotopic (exact) mass is 204 g/mol. The summed E-state index contributed by atoms with van der Waals surface area (Å²) in [6.45, 7) is 5.61. The second-order valence-electron chi connectivity index (χ2n) is 2.70. The van der Waals surface area contributed by atoms with Crippen molar-refractivity contribution in [1.82, 2.24) is 9.97 Å². The van der Waals surface area contributed by atoms with Crippen LogP contribution in [0.3, 0.4) is 0 Å². The van der Waals surface area contributed by atoms with Crippen LogP contribution in [0.4, 0.5) is 0 Å². The third kappa shape index (κ3) is 1.87. The van der Waals surface area contributed by atoms with Crippen molar-refractivity contribution < 1.29 is 0 Å². The Morgan fingerprint density at radius 3 is 2.25 bits per heavy atom. The van der Waals surface area contributed by atoms with Crippen molar-refractivity contribution in [2.45, 2.75) is 26.1 Å². The first-order valence-corrected chi connectivity index (χ1v) is 4.48. The minimum atomic E-state index is -0.193. The lowest BCUT2D eigenvalue weighted by atomic mass is 10.2. The van der Waals surface area contributed by atoms with Gasteiger partial charge in [0.15, 0.2) is 0 Å². The zero-order chi connectivity index (χ0) is 9.30. The molecule has 0 N–H and O–H groups in total. The molecule has 0 radical (unpaired) electrons. The average molecular weight is 205 g/mol. The maximum atomic E-state index is 5.85. The highest BCUT2D eigenvalue weighted by atomic mass is 35.5. The number of hydrogen-bond acceptors (Lipinski definition) is 2.